The van der Waals surface area contributed by atoms with Crippen molar-refractivity contribution in [2.24, 2.45) is 0 Å². The second-order valence-electron chi connectivity index (χ2n) is 19.7. The highest BCUT2D eigenvalue weighted by Gasteiger charge is 2.54. The highest BCUT2D eigenvalue weighted by molar-refractivity contribution is 6.11. The van der Waals surface area contributed by atoms with E-state index in [4.69, 9.17) is 42.6 Å². The van der Waals surface area contributed by atoms with E-state index in [0.29, 0.717) is 42.5 Å². The predicted octanol–water partition coefficient (Wildman–Crippen LogP) is -0.193. The monoisotopic (exact) mass is 1270 g/mol. The van der Waals surface area contributed by atoms with Crippen molar-refractivity contribution in [3.8, 4) is 131 Å². The number of benzene rings is 6. The van der Waals surface area contributed by atoms with Crippen molar-refractivity contribution in [1.82, 2.24) is 0 Å². The number of ether oxygens (including phenoxy) is 9. The zero-order chi connectivity index (χ0) is 65.7. The molecule has 90 heavy (non-hydrogen) atoms. The Morgan fingerprint density at radius 2 is 0.844 bits per heavy atom. The van der Waals surface area contributed by atoms with E-state index in [0.717, 1.165) is 0 Å². The molecule has 4 heterocycles. The summed E-state index contributed by atoms with van der Waals surface area (Å²) < 4.78 is 48.9. The average molecular weight is 1270 g/mol. The number of cyclic esters (lactones) is 1. The average Bonchev–Trinajstić information content (AvgIpc) is 0.970. The van der Waals surface area contributed by atoms with Crippen LogP contribution < -0.4 is 4.74 Å². The van der Waals surface area contributed by atoms with Crippen molar-refractivity contribution in [3.63, 3.8) is 0 Å². The summed E-state index contributed by atoms with van der Waals surface area (Å²) >= 11 is 0. The summed E-state index contributed by atoms with van der Waals surface area (Å²) in [5, 5.41) is 227. The van der Waals surface area contributed by atoms with Gasteiger partial charge in [0.1, 0.15) is 42.7 Å². The maximum Gasteiger partial charge on any atom is 0.343 e. The van der Waals surface area contributed by atoms with Gasteiger partial charge in [0.05, 0.1) is 40.0 Å². The molecule has 2 saturated heterocycles. The molecule has 4 aliphatic heterocycles. The van der Waals surface area contributed by atoms with Crippen LogP contribution in [0.2, 0.25) is 0 Å². The van der Waals surface area contributed by atoms with E-state index in [1.807, 2.05) is 0 Å². The Kier molecular flexibility index (Phi) is 15.4. The first-order chi connectivity index (χ1) is 42.4. The number of phenolic OH excluding ortho intramolecular Hbond substituents is 17. The number of aliphatic hydroxyl groups excluding tert-OH is 4. The van der Waals surface area contributed by atoms with Crippen LogP contribution >= 0.6 is 0 Å². The number of aromatic hydroxyl groups is 17. The van der Waals surface area contributed by atoms with E-state index in [9.17, 15) is 136 Å². The first kappa shape index (κ1) is 61.4. The van der Waals surface area contributed by atoms with Crippen molar-refractivity contribution in [2.45, 2.75) is 61.4 Å². The highest BCUT2D eigenvalue weighted by atomic mass is 16.7. The summed E-state index contributed by atoms with van der Waals surface area (Å²) in [4.78, 5) is 84.5. The van der Waals surface area contributed by atoms with Gasteiger partial charge in [-0.05, 0) is 42.5 Å². The lowest BCUT2D eigenvalue weighted by atomic mass is 9.91. The fourth-order valence-corrected chi connectivity index (χ4v) is 9.84. The van der Waals surface area contributed by atoms with Crippen LogP contribution in [-0.2, 0) is 37.9 Å². The first-order valence-electron chi connectivity index (χ1n) is 25.2. The predicted molar refractivity (Wildman–Crippen MR) is 276 cm³/mol. The van der Waals surface area contributed by atoms with Crippen LogP contribution in [0.25, 0.3) is 22.3 Å². The van der Waals surface area contributed by atoms with Gasteiger partial charge in [-0.15, -0.1) is 0 Å². The third-order valence-corrected chi connectivity index (χ3v) is 14.3. The van der Waals surface area contributed by atoms with E-state index < -0.39 is 275 Å². The standard InChI is InChI=1S/C54H42O36/c55-8-22-34(67)45-46(88-51(80)14-7-20(61)32(65)36(69)25(14)24-13(50(79)87-45)6-19(60)31(64)35(24)68)54(84-22)90-48(77)11-3-17(58)30(63)21(4-11)83-44-28-27(38(71)39(72)40(44)73)26-12(5-18(59)33(66)37(26)70)49(78)82-9-23-43(86-52(28)81)41(74)42(75)53(85-23)89-47(76)10-1-15(56)29(62)16(57)2-10/h1-7,22-23,34,41-43,45-46,53-75H,8-9H2. The van der Waals surface area contributed by atoms with Crippen LogP contribution in [0.4, 0.5) is 0 Å². The lowest BCUT2D eigenvalue weighted by molar-refractivity contribution is -0.284. The number of hydrogen-bond acceptors (Lipinski definition) is 36. The van der Waals surface area contributed by atoms with Crippen molar-refractivity contribution in [3.05, 3.63) is 75.8 Å². The van der Waals surface area contributed by atoms with Gasteiger partial charge in [-0.25, -0.2) is 28.8 Å². The molecule has 0 aliphatic carbocycles. The fraction of sp³-hybridized carbons (Fsp3) is 0.222. The number of phenols is 17. The molecule has 0 saturated carbocycles. The molecule has 36 heteroatoms. The Labute approximate surface area is 495 Å². The second kappa shape index (κ2) is 22.5. The van der Waals surface area contributed by atoms with Gasteiger partial charge in [0.2, 0.25) is 53.2 Å². The molecule has 0 spiro atoms. The van der Waals surface area contributed by atoms with Crippen LogP contribution in [0, 0.1) is 0 Å². The zero-order valence-corrected chi connectivity index (χ0v) is 44.2. The topological polar surface area (TPSA) is 610 Å². The van der Waals surface area contributed by atoms with E-state index in [2.05, 4.69) is 0 Å². The van der Waals surface area contributed by atoms with E-state index in [-0.39, 0.29) is 0 Å². The summed E-state index contributed by atoms with van der Waals surface area (Å²) in [6.07, 6.45) is -23.7. The maximum absolute atomic E-state index is 14.9. The van der Waals surface area contributed by atoms with Crippen LogP contribution in [0.15, 0.2) is 42.5 Å². The summed E-state index contributed by atoms with van der Waals surface area (Å²) in [6, 6.07) is 3.11. The van der Waals surface area contributed by atoms with E-state index in [1.165, 1.54) is 0 Å². The minimum atomic E-state index is -2.56. The molecule has 0 aromatic heterocycles. The Bertz CT molecular complexity index is 4060. The normalized spacial score (nSPS) is 23.0. The number of fused-ring (bicyclic) bond motifs is 8. The summed E-state index contributed by atoms with van der Waals surface area (Å²) in [6.45, 7) is -2.49. The van der Waals surface area contributed by atoms with Crippen LogP contribution in [0.1, 0.15) is 62.1 Å². The van der Waals surface area contributed by atoms with Crippen molar-refractivity contribution >= 4 is 35.8 Å². The molecule has 4 aliphatic rings. The summed E-state index contributed by atoms with van der Waals surface area (Å²) in [5.74, 6) is -37.8. The lowest BCUT2D eigenvalue weighted by Gasteiger charge is -2.42. The van der Waals surface area contributed by atoms with Crippen LogP contribution in [0.5, 0.6) is 109 Å². The molecule has 10 atom stereocenters. The molecule has 21 N–H and O–H groups in total. The van der Waals surface area contributed by atoms with Crippen LogP contribution in [0.3, 0.4) is 0 Å². The van der Waals surface area contributed by atoms with Crippen LogP contribution in [-0.4, -0.2) is 218 Å². The molecule has 6 aromatic rings. The van der Waals surface area contributed by atoms with Gasteiger partial charge in [-0.3, -0.25) is 0 Å². The Morgan fingerprint density at radius 3 is 1.37 bits per heavy atom. The van der Waals surface area contributed by atoms with Gasteiger partial charge < -0.3 is 150 Å². The molecule has 10 unspecified atom stereocenters. The molecule has 36 nitrogen and oxygen atoms in total. The number of hydrogen-bond donors (Lipinski definition) is 21. The Morgan fingerprint density at radius 1 is 0.411 bits per heavy atom. The van der Waals surface area contributed by atoms with Gasteiger partial charge in [0, 0.05) is 16.7 Å². The SMILES string of the molecule is O=C(OC1OC2COC(=O)c3cc(O)c(O)c(O)c3-c3c(O)c(O)c(O)c(Oc4cc(C(=O)OC5OC(CO)C(O)C6OC(=O)c7cc(O)c(O)c(O)c7-c7c(cc(O)c(O)c7O)C(=O)OC56)cc(O)c4O)c3C(=O)OC2C(O)C1O)c1cc(O)c(O)c(O)c1. The number of rotatable bonds is 7. The number of carbonyl (C=O) groups is 6. The summed E-state index contributed by atoms with van der Waals surface area (Å²) in [7, 11) is 0. The molecule has 474 valence electrons. The largest absolute Gasteiger partial charge is 0.504 e. The summed E-state index contributed by atoms with van der Waals surface area (Å²) in [5.41, 5.74) is -11.5. The van der Waals surface area contributed by atoms with Gasteiger partial charge in [0.25, 0.3) is 0 Å². The van der Waals surface area contributed by atoms with E-state index in [1.54, 1.807) is 0 Å². The van der Waals surface area contributed by atoms with Crippen molar-refractivity contribution in [1.29, 1.82) is 0 Å². The van der Waals surface area contributed by atoms with E-state index >= 15 is 0 Å². The second-order valence-corrected chi connectivity index (χ2v) is 19.7. The lowest BCUT2D eigenvalue weighted by Crippen LogP contribution is -2.62. The van der Waals surface area contributed by atoms with Gasteiger partial charge in [-0.2, -0.15) is 0 Å². The van der Waals surface area contributed by atoms with Gasteiger partial charge >= 0.3 is 35.8 Å². The number of aliphatic hydroxyl groups is 4. The molecule has 6 aromatic carbocycles. The maximum atomic E-state index is 14.9. The smallest absolute Gasteiger partial charge is 0.343 e. The Hall–Kier alpha value is -11.7. The molecular formula is C54H42O36. The van der Waals surface area contributed by atoms with Crippen molar-refractivity contribution < 1.29 is 179 Å². The van der Waals surface area contributed by atoms with Crippen molar-refractivity contribution in [2.75, 3.05) is 13.2 Å². The third kappa shape index (κ3) is 10.1. The number of esters is 6. The molecule has 10 rings (SSSR count). The Balaban J connectivity index is 1.04. The van der Waals surface area contributed by atoms with Gasteiger partial charge in [-0.1, -0.05) is 0 Å². The quantitative estimate of drug-likeness (QED) is 0.0559. The van der Waals surface area contributed by atoms with Gasteiger partial charge in [0.15, 0.2) is 87.0 Å². The fourth-order valence-electron chi connectivity index (χ4n) is 9.84. The molecule has 0 amide bonds. The minimum Gasteiger partial charge on any atom is -0.504 e. The highest BCUT2D eigenvalue weighted by Crippen LogP contribution is 2.59. The molecular weight excluding hydrogens is 1220 g/mol. The zero-order valence-electron chi connectivity index (χ0n) is 44.2. The molecule has 0 radical (unpaired) electrons. The number of carbonyl (C=O) groups excluding carboxylic acids is 6. The minimum absolute atomic E-state index is 0.350. The third-order valence-electron chi connectivity index (χ3n) is 14.3. The first-order valence-corrected chi connectivity index (χ1v) is 25.2. The molecule has 0 bridgehead atoms. The molecule has 2 fully saturated rings.